The minimum atomic E-state index is -0.590. The molecule has 1 saturated heterocycles. The normalized spacial score (nSPS) is 18.9. The average molecular weight is 264 g/mol. The number of anilines is 1. The molecule has 8 nitrogen and oxygen atoms in total. The number of nitro groups is 1. The quantitative estimate of drug-likeness (QED) is 0.606. The molecule has 8 heteroatoms. The van der Waals surface area contributed by atoms with E-state index in [2.05, 4.69) is 4.98 Å². The van der Waals surface area contributed by atoms with Crippen LogP contribution in [0.25, 0.3) is 0 Å². The number of rotatable bonds is 3. The summed E-state index contributed by atoms with van der Waals surface area (Å²) in [5.41, 5.74) is -0.0694. The number of pyridine rings is 1. The number of nitriles is 1. The molecule has 2 rings (SSSR count). The summed E-state index contributed by atoms with van der Waals surface area (Å²) in [6.07, 6.45) is 0.789. The molecule has 1 atom stereocenters. The first-order valence-electron chi connectivity index (χ1n) is 5.67. The number of nitrogens with zero attached hydrogens (tertiary/aromatic N) is 4. The predicted molar refractivity (Wildman–Crippen MR) is 64.6 cm³/mol. The summed E-state index contributed by atoms with van der Waals surface area (Å²) in [7, 11) is 0. The Hall–Kier alpha value is -2.24. The third-order valence-corrected chi connectivity index (χ3v) is 2.83. The molecule has 0 amide bonds. The molecule has 0 aliphatic carbocycles. The predicted octanol–water partition coefficient (Wildman–Crippen LogP) is 0.0590. The summed E-state index contributed by atoms with van der Waals surface area (Å²) in [4.78, 5) is 15.8. The smallest absolute Gasteiger partial charge is 0.289 e. The van der Waals surface area contributed by atoms with Crippen LogP contribution in [0.15, 0.2) is 12.3 Å². The van der Waals surface area contributed by atoms with E-state index in [9.17, 15) is 10.1 Å². The summed E-state index contributed by atoms with van der Waals surface area (Å²) in [6.45, 7) is 1.21. The zero-order valence-electron chi connectivity index (χ0n) is 10.0. The molecule has 1 aromatic heterocycles. The Morgan fingerprint density at radius 2 is 2.53 bits per heavy atom. The Labute approximate surface area is 109 Å². The molecule has 0 spiro atoms. The molecule has 100 valence electrons. The molecule has 0 aromatic carbocycles. The SMILES string of the molecule is N#Cc1cc([N+](=O)[O-])cnc1N1CCOC(CO)C1. The van der Waals surface area contributed by atoms with Crippen LogP contribution in [-0.2, 0) is 4.74 Å². The highest BCUT2D eigenvalue weighted by molar-refractivity contribution is 5.57. The molecule has 2 heterocycles. The zero-order chi connectivity index (χ0) is 13.8. The molecule has 0 radical (unpaired) electrons. The van der Waals surface area contributed by atoms with Gasteiger partial charge in [0.05, 0.1) is 24.2 Å². The summed E-state index contributed by atoms with van der Waals surface area (Å²) in [5, 5.41) is 28.8. The summed E-state index contributed by atoms with van der Waals surface area (Å²) >= 11 is 0. The zero-order valence-corrected chi connectivity index (χ0v) is 10.0. The number of aliphatic hydroxyl groups is 1. The lowest BCUT2D eigenvalue weighted by atomic mass is 10.2. The number of aliphatic hydroxyl groups excluding tert-OH is 1. The van der Waals surface area contributed by atoms with Crippen molar-refractivity contribution in [1.82, 2.24) is 4.98 Å². The van der Waals surface area contributed by atoms with Crippen LogP contribution in [0.5, 0.6) is 0 Å². The molecule has 1 N–H and O–H groups in total. The van der Waals surface area contributed by atoms with Crippen molar-refractivity contribution in [3.8, 4) is 6.07 Å². The summed E-state index contributed by atoms with van der Waals surface area (Å²) in [6, 6.07) is 3.11. The van der Waals surface area contributed by atoms with E-state index in [0.717, 1.165) is 6.20 Å². The Morgan fingerprint density at radius 1 is 1.74 bits per heavy atom. The number of hydrogen-bond acceptors (Lipinski definition) is 7. The second kappa shape index (κ2) is 5.60. The van der Waals surface area contributed by atoms with E-state index >= 15 is 0 Å². The van der Waals surface area contributed by atoms with E-state index in [1.54, 1.807) is 4.90 Å². The lowest BCUT2D eigenvalue weighted by molar-refractivity contribution is -0.385. The molecule has 1 fully saturated rings. The maximum Gasteiger partial charge on any atom is 0.289 e. The van der Waals surface area contributed by atoms with Crippen LogP contribution >= 0.6 is 0 Å². The van der Waals surface area contributed by atoms with Gasteiger partial charge in [-0.3, -0.25) is 10.1 Å². The number of hydrogen-bond donors (Lipinski definition) is 1. The van der Waals surface area contributed by atoms with Gasteiger partial charge in [-0.1, -0.05) is 0 Å². The van der Waals surface area contributed by atoms with Crippen LogP contribution in [0, 0.1) is 21.4 Å². The summed E-state index contributed by atoms with van der Waals surface area (Å²) < 4.78 is 5.30. The van der Waals surface area contributed by atoms with E-state index in [0.29, 0.717) is 25.5 Å². The molecular weight excluding hydrogens is 252 g/mol. The van der Waals surface area contributed by atoms with Gasteiger partial charge in [0.15, 0.2) is 0 Å². The molecule has 0 bridgehead atoms. The van der Waals surface area contributed by atoms with Crippen molar-refractivity contribution in [2.75, 3.05) is 31.2 Å². The molecule has 0 saturated carbocycles. The molecule has 1 aliphatic rings. The third-order valence-electron chi connectivity index (χ3n) is 2.83. The Bertz CT molecular complexity index is 528. The van der Waals surface area contributed by atoms with Gasteiger partial charge in [-0.25, -0.2) is 4.98 Å². The van der Waals surface area contributed by atoms with Gasteiger partial charge in [0.1, 0.15) is 23.6 Å². The van der Waals surface area contributed by atoms with E-state index in [-0.39, 0.29) is 24.0 Å². The van der Waals surface area contributed by atoms with Crippen LogP contribution < -0.4 is 4.90 Å². The summed E-state index contributed by atoms with van der Waals surface area (Å²) in [5.74, 6) is 0.384. The van der Waals surface area contributed by atoms with Crippen molar-refractivity contribution in [3.63, 3.8) is 0 Å². The fourth-order valence-electron chi connectivity index (χ4n) is 1.90. The van der Waals surface area contributed by atoms with Crippen LogP contribution in [0.1, 0.15) is 5.56 Å². The van der Waals surface area contributed by atoms with Crippen LogP contribution in [-0.4, -0.2) is 47.4 Å². The Kier molecular flexibility index (Phi) is 3.89. The monoisotopic (exact) mass is 264 g/mol. The highest BCUT2D eigenvalue weighted by Crippen LogP contribution is 2.23. The van der Waals surface area contributed by atoms with Gasteiger partial charge < -0.3 is 14.7 Å². The van der Waals surface area contributed by atoms with E-state index in [1.807, 2.05) is 6.07 Å². The minimum Gasteiger partial charge on any atom is -0.394 e. The van der Waals surface area contributed by atoms with Crippen molar-refractivity contribution in [2.24, 2.45) is 0 Å². The number of morpholine rings is 1. The fraction of sp³-hybridized carbons (Fsp3) is 0.455. The molecular formula is C11H12N4O4. The molecule has 1 unspecified atom stereocenters. The second-order valence-electron chi connectivity index (χ2n) is 4.05. The second-order valence-corrected chi connectivity index (χ2v) is 4.05. The first-order valence-corrected chi connectivity index (χ1v) is 5.67. The van der Waals surface area contributed by atoms with Crippen molar-refractivity contribution >= 4 is 11.5 Å². The van der Waals surface area contributed by atoms with Gasteiger partial charge in [-0.2, -0.15) is 5.26 Å². The van der Waals surface area contributed by atoms with E-state index < -0.39 is 4.92 Å². The minimum absolute atomic E-state index is 0.120. The van der Waals surface area contributed by atoms with E-state index in [4.69, 9.17) is 15.1 Å². The lowest BCUT2D eigenvalue weighted by Crippen LogP contribution is -2.44. The fourth-order valence-corrected chi connectivity index (χ4v) is 1.90. The third kappa shape index (κ3) is 2.78. The largest absolute Gasteiger partial charge is 0.394 e. The highest BCUT2D eigenvalue weighted by atomic mass is 16.6. The number of aromatic nitrogens is 1. The Balaban J connectivity index is 2.29. The van der Waals surface area contributed by atoms with Crippen molar-refractivity contribution in [3.05, 3.63) is 27.9 Å². The molecule has 1 aromatic rings. The maximum atomic E-state index is 10.6. The van der Waals surface area contributed by atoms with Gasteiger partial charge in [0, 0.05) is 19.2 Å². The van der Waals surface area contributed by atoms with Crippen LogP contribution in [0.2, 0.25) is 0 Å². The first-order chi connectivity index (χ1) is 9.15. The highest BCUT2D eigenvalue weighted by Gasteiger charge is 2.24. The standard InChI is InChI=1S/C11H12N4O4/c12-4-8-3-9(15(17)18)5-13-11(8)14-1-2-19-10(6-14)7-16/h3,5,10,16H,1-2,6-7H2. The molecule has 1 aliphatic heterocycles. The number of ether oxygens (including phenoxy) is 1. The van der Waals surface area contributed by atoms with Gasteiger partial charge >= 0.3 is 0 Å². The maximum absolute atomic E-state index is 10.6. The van der Waals surface area contributed by atoms with Gasteiger partial charge in [-0.15, -0.1) is 0 Å². The van der Waals surface area contributed by atoms with Crippen molar-refractivity contribution in [1.29, 1.82) is 5.26 Å². The lowest BCUT2D eigenvalue weighted by Gasteiger charge is -2.33. The van der Waals surface area contributed by atoms with Crippen LogP contribution in [0.3, 0.4) is 0 Å². The van der Waals surface area contributed by atoms with E-state index in [1.165, 1.54) is 6.07 Å². The Morgan fingerprint density at radius 3 is 3.16 bits per heavy atom. The van der Waals surface area contributed by atoms with Gasteiger partial charge in [0.2, 0.25) is 0 Å². The van der Waals surface area contributed by atoms with Crippen molar-refractivity contribution < 1.29 is 14.8 Å². The van der Waals surface area contributed by atoms with Crippen LogP contribution in [0.4, 0.5) is 11.5 Å². The first kappa shape index (κ1) is 13.2. The van der Waals surface area contributed by atoms with Gasteiger partial charge in [0.25, 0.3) is 5.69 Å². The van der Waals surface area contributed by atoms with Gasteiger partial charge in [-0.05, 0) is 0 Å². The average Bonchev–Trinajstić information content (AvgIpc) is 2.46. The van der Waals surface area contributed by atoms with Crippen molar-refractivity contribution in [2.45, 2.75) is 6.10 Å². The topological polar surface area (TPSA) is 113 Å². The molecule has 19 heavy (non-hydrogen) atoms.